The van der Waals surface area contributed by atoms with Crippen LogP contribution in [-0.2, 0) is 13.0 Å². The summed E-state index contributed by atoms with van der Waals surface area (Å²) in [6.45, 7) is 1.12. The van der Waals surface area contributed by atoms with Crippen molar-refractivity contribution in [1.29, 1.82) is 0 Å². The van der Waals surface area contributed by atoms with E-state index in [0.29, 0.717) is 31.0 Å². The van der Waals surface area contributed by atoms with Crippen molar-refractivity contribution in [3.63, 3.8) is 0 Å². The molecule has 6 nitrogen and oxygen atoms in total. The standard InChI is InChI=1S/C25H21N3O3/c1-30-18-9-7-17(8-10-18)19-6-3-12-26-23(19)11-14-28-16-22-20(24-27-13-15-31-24)4-2-5-21(22)25(28)29/h2-10,12-13,15H,11,14,16H2,1H3. The first kappa shape index (κ1) is 19.1. The number of fused-ring (bicyclic) bond motifs is 1. The Morgan fingerprint density at radius 3 is 2.55 bits per heavy atom. The fourth-order valence-electron chi connectivity index (χ4n) is 4.04. The number of nitrogens with zero attached hydrogens (tertiary/aromatic N) is 3. The lowest BCUT2D eigenvalue weighted by Gasteiger charge is -2.17. The molecule has 154 valence electrons. The molecule has 0 saturated carbocycles. The second kappa shape index (κ2) is 8.07. The summed E-state index contributed by atoms with van der Waals surface area (Å²) in [6.07, 6.45) is 5.62. The summed E-state index contributed by atoms with van der Waals surface area (Å²) >= 11 is 0. The van der Waals surface area contributed by atoms with E-state index in [-0.39, 0.29) is 5.91 Å². The molecule has 2 aromatic carbocycles. The average molecular weight is 411 g/mol. The minimum Gasteiger partial charge on any atom is -0.497 e. The van der Waals surface area contributed by atoms with Crippen molar-refractivity contribution < 1.29 is 13.9 Å². The maximum Gasteiger partial charge on any atom is 0.254 e. The number of carbonyl (C=O) groups excluding carboxylic acids is 1. The minimum atomic E-state index is 0.0327. The number of hydrogen-bond acceptors (Lipinski definition) is 5. The van der Waals surface area contributed by atoms with Gasteiger partial charge < -0.3 is 14.1 Å². The fourth-order valence-corrected chi connectivity index (χ4v) is 4.04. The Morgan fingerprint density at radius 1 is 0.968 bits per heavy atom. The van der Waals surface area contributed by atoms with Gasteiger partial charge >= 0.3 is 0 Å². The van der Waals surface area contributed by atoms with Crippen LogP contribution in [0.4, 0.5) is 0 Å². The van der Waals surface area contributed by atoms with Gasteiger partial charge in [-0.2, -0.15) is 0 Å². The van der Waals surface area contributed by atoms with Gasteiger partial charge in [0, 0.05) is 48.1 Å². The molecule has 0 spiro atoms. The molecule has 0 radical (unpaired) electrons. The first-order valence-corrected chi connectivity index (χ1v) is 10.1. The summed E-state index contributed by atoms with van der Waals surface area (Å²) in [7, 11) is 1.66. The third-order valence-electron chi connectivity index (χ3n) is 5.62. The van der Waals surface area contributed by atoms with Crippen molar-refractivity contribution in [3.05, 3.63) is 90.1 Å². The molecule has 1 aliphatic heterocycles. The van der Waals surface area contributed by atoms with Crippen LogP contribution < -0.4 is 4.74 Å². The molecule has 0 unspecified atom stereocenters. The van der Waals surface area contributed by atoms with Crippen molar-refractivity contribution in [2.75, 3.05) is 13.7 Å². The van der Waals surface area contributed by atoms with Gasteiger partial charge in [0.2, 0.25) is 5.89 Å². The zero-order valence-corrected chi connectivity index (χ0v) is 17.1. The van der Waals surface area contributed by atoms with Crippen LogP contribution in [-0.4, -0.2) is 34.4 Å². The Hall–Kier alpha value is -3.93. The van der Waals surface area contributed by atoms with Gasteiger partial charge in [0.15, 0.2) is 0 Å². The van der Waals surface area contributed by atoms with E-state index >= 15 is 0 Å². The first-order chi connectivity index (χ1) is 15.2. The van der Waals surface area contributed by atoms with Gasteiger partial charge in [0.1, 0.15) is 12.0 Å². The molecule has 1 amide bonds. The maximum absolute atomic E-state index is 13.0. The van der Waals surface area contributed by atoms with Gasteiger partial charge in [-0.05, 0) is 41.5 Å². The van der Waals surface area contributed by atoms with Crippen LogP contribution in [0.25, 0.3) is 22.6 Å². The fraction of sp³-hybridized carbons (Fsp3) is 0.160. The van der Waals surface area contributed by atoms with E-state index in [2.05, 4.69) is 16.0 Å². The van der Waals surface area contributed by atoms with Gasteiger partial charge in [-0.25, -0.2) is 4.98 Å². The highest BCUT2D eigenvalue weighted by atomic mass is 16.5. The summed E-state index contributed by atoms with van der Waals surface area (Å²) < 4.78 is 10.7. The molecule has 2 aromatic heterocycles. The van der Waals surface area contributed by atoms with E-state index in [4.69, 9.17) is 9.15 Å². The molecule has 5 rings (SSSR count). The third kappa shape index (κ3) is 3.57. The molecule has 31 heavy (non-hydrogen) atoms. The normalized spacial score (nSPS) is 12.8. The molecule has 0 saturated heterocycles. The Morgan fingerprint density at radius 2 is 1.77 bits per heavy atom. The molecule has 4 aromatic rings. The first-order valence-electron chi connectivity index (χ1n) is 10.1. The molecule has 6 heteroatoms. The number of aromatic nitrogens is 2. The van der Waals surface area contributed by atoms with Crippen molar-refractivity contribution in [2.24, 2.45) is 0 Å². The van der Waals surface area contributed by atoms with E-state index < -0.39 is 0 Å². The van der Waals surface area contributed by atoms with E-state index in [0.717, 1.165) is 33.7 Å². The lowest BCUT2D eigenvalue weighted by atomic mass is 10.0. The van der Waals surface area contributed by atoms with Crippen LogP contribution >= 0.6 is 0 Å². The summed E-state index contributed by atoms with van der Waals surface area (Å²) in [5.41, 5.74) is 5.65. The molecular formula is C25H21N3O3. The smallest absolute Gasteiger partial charge is 0.254 e. The number of rotatable bonds is 6. The molecular weight excluding hydrogens is 390 g/mol. The topological polar surface area (TPSA) is 68.5 Å². The Balaban J connectivity index is 1.36. The predicted molar refractivity (Wildman–Crippen MR) is 117 cm³/mol. The lowest BCUT2D eigenvalue weighted by molar-refractivity contribution is 0.0780. The van der Waals surface area contributed by atoms with Crippen molar-refractivity contribution >= 4 is 5.91 Å². The van der Waals surface area contributed by atoms with Crippen molar-refractivity contribution in [2.45, 2.75) is 13.0 Å². The highest BCUT2D eigenvalue weighted by molar-refractivity contribution is 6.00. The number of hydrogen-bond donors (Lipinski definition) is 0. The largest absolute Gasteiger partial charge is 0.497 e. The number of methoxy groups -OCH3 is 1. The highest BCUT2D eigenvalue weighted by Gasteiger charge is 2.30. The second-order valence-corrected chi connectivity index (χ2v) is 7.37. The summed E-state index contributed by atoms with van der Waals surface area (Å²) in [5.74, 6) is 1.39. The van der Waals surface area contributed by atoms with Crippen LogP contribution in [0.1, 0.15) is 21.6 Å². The number of carbonyl (C=O) groups is 1. The zero-order valence-electron chi connectivity index (χ0n) is 17.1. The second-order valence-electron chi connectivity index (χ2n) is 7.37. The number of pyridine rings is 1. The maximum atomic E-state index is 13.0. The minimum absolute atomic E-state index is 0.0327. The average Bonchev–Trinajstić information content (AvgIpc) is 3.46. The molecule has 3 heterocycles. The van der Waals surface area contributed by atoms with Gasteiger partial charge in [0.25, 0.3) is 5.91 Å². The summed E-state index contributed by atoms with van der Waals surface area (Å²) in [5, 5.41) is 0. The molecule has 0 atom stereocenters. The molecule has 0 aliphatic carbocycles. The number of benzene rings is 2. The molecule has 0 fully saturated rings. The number of ether oxygens (including phenoxy) is 1. The molecule has 1 aliphatic rings. The van der Waals surface area contributed by atoms with Crippen LogP contribution in [0.3, 0.4) is 0 Å². The summed E-state index contributed by atoms with van der Waals surface area (Å²) in [4.78, 5) is 23.7. The number of oxazole rings is 1. The van der Waals surface area contributed by atoms with Crippen LogP contribution in [0.15, 0.2) is 77.7 Å². The monoisotopic (exact) mass is 411 g/mol. The van der Waals surface area contributed by atoms with Crippen molar-refractivity contribution in [3.8, 4) is 28.3 Å². The third-order valence-corrected chi connectivity index (χ3v) is 5.62. The van der Waals surface area contributed by atoms with Gasteiger partial charge in [-0.3, -0.25) is 9.78 Å². The van der Waals surface area contributed by atoms with Crippen LogP contribution in [0.5, 0.6) is 5.75 Å². The summed E-state index contributed by atoms with van der Waals surface area (Å²) in [6, 6.07) is 17.6. The van der Waals surface area contributed by atoms with E-state index in [1.807, 2.05) is 53.4 Å². The van der Waals surface area contributed by atoms with Crippen LogP contribution in [0, 0.1) is 0 Å². The highest BCUT2D eigenvalue weighted by Crippen LogP contribution is 2.32. The Labute approximate surface area is 180 Å². The molecule has 0 bridgehead atoms. The predicted octanol–water partition coefficient (Wildman–Crippen LogP) is 4.61. The molecule has 0 N–H and O–H groups in total. The Bertz CT molecular complexity index is 1220. The van der Waals surface area contributed by atoms with E-state index in [9.17, 15) is 4.79 Å². The SMILES string of the molecule is COc1ccc(-c2cccnc2CCN2Cc3c(cccc3-c3ncco3)C2=O)cc1. The van der Waals surface area contributed by atoms with E-state index in [1.54, 1.807) is 25.8 Å². The van der Waals surface area contributed by atoms with Gasteiger partial charge in [0.05, 0.1) is 13.3 Å². The Kier molecular flexibility index (Phi) is 4.96. The van der Waals surface area contributed by atoms with Gasteiger partial charge in [-0.15, -0.1) is 0 Å². The number of amides is 1. The zero-order chi connectivity index (χ0) is 21.2. The van der Waals surface area contributed by atoms with Crippen molar-refractivity contribution in [1.82, 2.24) is 14.9 Å². The quantitative estimate of drug-likeness (QED) is 0.463. The van der Waals surface area contributed by atoms with Gasteiger partial charge in [-0.1, -0.05) is 24.3 Å². The van der Waals surface area contributed by atoms with E-state index in [1.165, 1.54) is 0 Å². The lowest BCUT2D eigenvalue weighted by Crippen LogP contribution is -2.26. The van der Waals surface area contributed by atoms with Crippen LogP contribution in [0.2, 0.25) is 0 Å².